The van der Waals surface area contributed by atoms with Gasteiger partial charge in [0.05, 0.1) is 11.9 Å². The van der Waals surface area contributed by atoms with Crippen LogP contribution in [0.25, 0.3) is 5.69 Å². The molecule has 1 unspecified atom stereocenters. The van der Waals surface area contributed by atoms with Crippen molar-refractivity contribution >= 4 is 0 Å². The van der Waals surface area contributed by atoms with Crippen molar-refractivity contribution in [3.63, 3.8) is 0 Å². The summed E-state index contributed by atoms with van der Waals surface area (Å²) in [5, 5.41) is 0. The lowest BCUT2D eigenvalue weighted by atomic mass is 9.93. The first kappa shape index (κ1) is 11.5. The van der Waals surface area contributed by atoms with Crippen LogP contribution in [0.2, 0.25) is 0 Å². The summed E-state index contributed by atoms with van der Waals surface area (Å²) >= 11 is 0. The van der Waals surface area contributed by atoms with Gasteiger partial charge in [0.15, 0.2) is 0 Å². The normalized spacial score (nSPS) is 18.7. The van der Waals surface area contributed by atoms with Gasteiger partial charge in [-0.1, -0.05) is 0 Å². The van der Waals surface area contributed by atoms with Crippen molar-refractivity contribution in [1.29, 1.82) is 0 Å². The van der Waals surface area contributed by atoms with Gasteiger partial charge < -0.3 is 10.3 Å². The number of pyridine rings is 1. The van der Waals surface area contributed by atoms with E-state index in [4.69, 9.17) is 5.73 Å². The minimum atomic E-state index is 0.201. The Hall–Kier alpha value is -1.61. The summed E-state index contributed by atoms with van der Waals surface area (Å²) in [6.45, 7) is 4.16. The molecule has 1 aliphatic carbocycles. The first-order valence-corrected chi connectivity index (χ1v) is 6.56. The summed E-state index contributed by atoms with van der Waals surface area (Å²) in [6, 6.07) is 6.63. The molecule has 0 aliphatic heterocycles. The fourth-order valence-corrected chi connectivity index (χ4v) is 2.89. The van der Waals surface area contributed by atoms with Crippen LogP contribution in [0, 0.1) is 13.8 Å². The third-order valence-electron chi connectivity index (χ3n) is 3.80. The Kier molecular flexibility index (Phi) is 2.71. The van der Waals surface area contributed by atoms with Crippen molar-refractivity contribution in [2.24, 2.45) is 5.73 Å². The number of nitrogens with two attached hydrogens (primary N) is 1. The highest BCUT2D eigenvalue weighted by molar-refractivity contribution is 5.42. The lowest BCUT2D eigenvalue weighted by Gasteiger charge is -2.21. The van der Waals surface area contributed by atoms with Gasteiger partial charge in [-0.15, -0.1) is 0 Å². The molecular weight excluding hydrogens is 222 g/mol. The molecule has 1 atom stereocenters. The van der Waals surface area contributed by atoms with Gasteiger partial charge in [0.25, 0.3) is 0 Å². The maximum absolute atomic E-state index is 6.20. The minimum absolute atomic E-state index is 0.201. The van der Waals surface area contributed by atoms with E-state index < -0.39 is 0 Å². The van der Waals surface area contributed by atoms with Crippen LogP contribution in [0.4, 0.5) is 0 Å². The molecule has 2 N–H and O–H groups in total. The molecule has 2 heterocycles. The maximum Gasteiger partial charge on any atom is 0.0638 e. The van der Waals surface area contributed by atoms with Crippen LogP contribution in [0.3, 0.4) is 0 Å². The van der Waals surface area contributed by atoms with Crippen LogP contribution in [-0.2, 0) is 6.42 Å². The molecule has 3 rings (SSSR count). The zero-order chi connectivity index (χ0) is 12.7. The predicted molar refractivity (Wildman–Crippen MR) is 72.9 cm³/mol. The molecule has 3 heteroatoms. The summed E-state index contributed by atoms with van der Waals surface area (Å²) in [5.41, 5.74) is 12.3. The van der Waals surface area contributed by atoms with Crippen molar-refractivity contribution < 1.29 is 0 Å². The second-order valence-corrected chi connectivity index (χ2v) is 5.18. The van der Waals surface area contributed by atoms with E-state index in [0.29, 0.717) is 0 Å². The molecule has 0 radical (unpaired) electrons. The Labute approximate surface area is 108 Å². The Bertz CT molecular complexity index is 566. The quantitative estimate of drug-likeness (QED) is 0.834. The first-order valence-electron chi connectivity index (χ1n) is 6.56. The molecule has 3 nitrogen and oxygen atoms in total. The van der Waals surface area contributed by atoms with E-state index in [0.717, 1.165) is 24.2 Å². The number of rotatable bonds is 1. The number of fused-ring (bicyclic) bond motifs is 1. The highest BCUT2D eigenvalue weighted by Crippen LogP contribution is 2.32. The standard InChI is InChI=1S/C15H19N3/c1-10-6-7-12(9-17-10)18-11(2)8-13-14(16)4-3-5-15(13)18/h6-9,14H,3-5,16H2,1-2H3. The van der Waals surface area contributed by atoms with Gasteiger partial charge >= 0.3 is 0 Å². The summed E-state index contributed by atoms with van der Waals surface area (Å²) in [5.74, 6) is 0. The number of nitrogens with zero attached hydrogens (tertiary/aromatic N) is 2. The highest BCUT2D eigenvalue weighted by atomic mass is 15.0. The Morgan fingerprint density at radius 2 is 2.17 bits per heavy atom. The third kappa shape index (κ3) is 1.75. The van der Waals surface area contributed by atoms with Crippen molar-refractivity contribution in [2.75, 3.05) is 0 Å². The van der Waals surface area contributed by atoms with Crippen molar-refractivity contribution in [3.8, 4) is 5.69 Å². The number of aromatic nitrogens is 2. The number of aryl methyl sites for hydroxylation is 2. The average molecular weight is 241 g/mol. The van der Waals surface area contributed by atoms with E-state index in [9.17, 15) is 0 Å². The van der Waals surface area contributed by atoms with Crippen LogP contribution in [0.15, 0.2) is 24.4 Å². The summed E-state index contributed by atoms with van der Waals surface area (Å²) in [4.78, 5) is 4.39. The zero-order valence-electron chi connectivity index (χ0n) is 11.0. The second kappa shape index (κ2) is 4.25. The first-order chi connectivity index (χ1) is 8.66. The average Bonchev–Trinajstić information content (AvgIpc) is 2.69. The van der Waals surface area contributed by atoms with Crippen LogP contribution in [-0.4, -0.2) is 9.55 Å². The molecule has 0 bridgehead atoms. The van der Waals surface area contributed by atoms with Gasteiger partial charge in [-0.3, -0.25) is 4.98 Å². The molecule has 1 aliphatic rings. The topological polar surface area (TPSA) is 43.8 Å². The predicted octanol–water partition coefficient (Wildman–Crippen LogP) is 2.83. The molecule has 0 saturated carbocycles. The van der Waals surface area contributed by atoms with Crippen molar-refractivity contribution in [3.05, 3.63) is 47.0 Å². The lowest BCUT2D eigenvalue weighted by molar-refractivity contribution is 0.560. The van der Waals surface area contributed by atoms with E-state index in [2.05, 4.69) is 34.7 Å². The molecule has 94 valence electrons. The van der Waals surface area contributed by atoms with Crippen molar-refractivity contribution in [2.45, 2.75) is 39.2 Å². The molecule has 0 aromatic carbocycles. The molecular formula is C15H19N3. The lowest BCUT2D eigenvalue weighted by Crippen LogP contribution is -2.18. The smallest absolute Gasteiger partial charge is 0.0638 e. The van der Waals surface area contributed by atoms with Crippen LogP contribution in [0.1, 0.15) is 41.5 Å². The fourth-order valence-electron chi connectivity index (χ4n) is 2.89. The SMILES string of the molecule is Cc1ccc(-n2c(C)cc3c2CCCC3N)cn1. The monoisotopic (exact) mass is 241 g/mol. The van der Waals surface area contributed by atoms with Gasteiger partial charge in [-0.05, 0) is 56.9 Å². The van der Waals surface area contributed by atoms with E-state index >= 15 is 0 Å². The highest BCUT2D eigenvalue weighted by Gasteiger charge is 2.22. The van der Waals surface area contributed by atoms with Crippen molar-refractivity contribution in [1.82, 2.24) is 9.55 Å². The Morgan fingerprint density at radius 1 is 1.33 bits per heavy atom. The van der Waals surface area contributed by atoms with Crippen LogP contribution in [0.5, 0.6) is 0 Å². The molecule has 0 fully saturated rings. The van der Waals surface area contributed by atoms with E-state index in [1.807, 2.05) is 13.1 Å². The molecule has 2 aromatic rings. The zero-order valence-corrected chi connectivity index (χ0v) is 11.0. The minimum Gasteiger partial charge on any atom is -0.324 e. The van der Waals surface area contributed by atoms with Gasteiger partial charge in [0.1, 0.15) is 0 Å². The maximum atomic E-state index is 6.20. The second-order valence-electron chi connectivity index (χ2n) is 5.18. The molecule has 18 heavy (non-hydrogen) atoms. The molecule has 0 saturated heterocycles. The van der Waals surface area contributed by atoms with Crippen LogP contribution >= 0.6 is 0 Å². The number of hydrogen-bond donors (Lipinski definition) is 1. The molecule has 2 aromatic heterocycles. The van der Waals surface area contributed by atoms with Gasteiger partial charge in [-0.2, -0.15) is 0 Å². The Morgan fingerprint density at radius 3 is 2.89 bits per heavy atom. The summed E-state index contributed by atoms with van der Waals surface area (Å²) in [6.07, 6.45) is 5.34. The molecule has 0 spiro atoms. The van der Waals surface area contributed by atoms with Crippen LogP contribution < -0.4 is 5.73 Å². The van der Waals surface area contributed by atoms with Gasteiger partial charge in [-0.25, -0.2) is 0 Å². The molecule has 0 amide bonds. The van der Waals surface area contributed by atoms with Gasteiger partial charge in [0.2, 0.25) is 0 Å². The van der Waals surface area contributed by atoms with E-state index in [1.54, 1.807) is 0 Å². The summed E-state index contributed by atoms with van der Waals surface area (Å²) in [7, 11) is 0. The third-order valence-corrected chi connectivity index (χ3v) is 3.80. The van der Waals surface area contributed by atoms with Gasteiger partial charge in [0, 0.05) is 23.1 Å². The van der Waals surface area contributed by atoms with E-state index in [1.165, 1.54) is 23.4 Å². The largest absolute Gasteiger partial charge is 0.324 e. The summed E-state index contributed by atoms with van der Waals surface area (Å²) < 4.78 is 2.31. The fraction of sp³-hybridized carbons (Fsp3) is 0.400. The Balaban J connectivity index is 2.15. The van der Waals surface area contributed by atoms with E-state index in [-0.39, 0.29) is 6.04 Å². The number of hydrogen-bond acceptors (Lipinski definition) is 2.